The molecule has 0 radical (unpaired) electrons. The molecule has 138 valence electrons. The molecular formula is C22H31ClO2. The van der Waals surface area contributed by atoms with Crippen molar-refractivity contribution in [2.45, 2.75) is 58.8 Å². The first-order chi connectivity index (χ1) is 12.0. The molecule has 0 N–H and O–H groups in total. The number of ether oxygens (including phenoxy) is 2. The molecule has 0 saturated carbocycles. The summed E-state index contributed by atoms with van der Waals surface area (Å²) in [5.41, 5.74) is 1.23. The van der Waals surface area contributed by atoms with Crippen LogP contribution in [-0.4, -0.2) is 18.6 Å². The Morgan fingerprint density at radius 3 is 2.36 bits per heavy atom. The number of unbranched alkanes of at least 4 members (excludes halogenated alkanes) is 1. The van der Waals surface area contributed by atoms with Crippen molar-refractivity contribution in [3.05, 3.63) is 35.9 Å². The van der Waals surface area contributed by atoms with Crippen LogP contribution in [0.15, 0.2) is 30.3 Å². The second kappa shape index (κ2) is 9.91. The fourth-order valence-corrected chi connectivity index (χ4v) is 2.92. The molecule has 0 bridgehead atoms. The highest BCUT2D eigenvalue weighted by atomic mass is 35.5. The summed E-state index contributed by atoms with van der Waals surface area (Å²) in [5, 5.41) is 2.54. The van der Waals surface area contributed by atoms with Crippen molar-refractivity contribution in [3.8, 4) is 11.5 Å². The molecule has 0 saturated heterocycles. The Morgan fingerprint density at radius 2 is 1.68 bits per heavy atom. The van der Waals surface area contributed by atoms with Crippen LogP contribution in [0.4, 0.5) is 0 Å². The lowest BCUT2D eigenvalue weighted by Crippen LogP contribution is -2.05. The predicted octanol–water partition coefficient (Wildman–Crippen LogP) is 6.75. The summed E-state index contributed by atoms with van der Waals surface area (Å²) in [5.74, 6) is 2.38. The topological polar surface area (TPSA) is 18.5 Å². The van der Waals surface area contributed by atoms with Gasteiger partial charge < -0.3 is 9.47 Å². The third-order valence-electron chi connectivity index (χ3n) is 4.28. The maximum atomic E-state index is 6.17. The van der Waals surface area contributed by atoms with Crippen molar-refractivity contribution < 1.29 is 9.47 Å². The summed E-state index contributed by atoms with van der Waals surface area (Å²) in [6.07, 6.45) is 4.23. The molecule has 0 heterocycles. The lowest BCUT2D eigenvalue weighted by Gasteiger charge is -2.15. The van der Waals surface area contributed by atoms with Gasteiger partial charge in [0, 0.05) is 16.1 Å². The van der Waals surface area contributed by atoms with Gasteiger partial charge in [0.25, 0.3) is 0 Å². The number of fused-ring (bicyclic) bond motifs is 1. The van der Waals surface area contributed by atoms with Gasteiger partial charge in [-0.2, -0.15) is 0 Å². The third kappa shape index (κ3) is 6.11. The molecule has 0 aliphatic carbocycles. The van der Waals surface area contributed by atoms with Crippen molar-refractivity contribution in [2.75, 3.05) is 13.2 Å². The zero-order valence-corrected chi connectivity index (χ0v) is 16.7. The molecule has 2 nitrogen and oxygen atoms in total. The minimum absolute atomic E-state index is 0.292. The van der Waals surface area contributed by atoms with E-state index in [-0.39, 0.29) is 0 Å². The summed E-state index contributed by atoms with van der Waals surface area (Å²) < 4.78 is 12.1. The van der Waals surface area contributed by atoms with Crippen LogP contribution in [0.1, 0.15) is 52.0 Å². The Kier molecular flexibility index (Phi) is 7.90. The molecule has 3 heteroatoms. The van der Waals surface area contributed by atoms with E-state index >= 15 is 0 Å². The first kappa shape index (κ1) is 19.9. The zero-order valence-electron chi connectivity index (χ0n) is 16.0. The Hall–Kier alpha value is -1.41. The zero-order chi connectivity index (χ0) is 18.2. The molecule has 2 aromatic carbocycles. The lowest BCUT2D eigenvalue weighted by molar-refractivity contribution is 0.273. The van der Waals surface area contributed by atoms with E-state index < -0.39 is 0 Å². The van der Waals surface area contributed by atoms with Crippen LogP contribution in [0.2, 0.25) is 0 Å². The Labute approximate surface area is 157 Å². The van der Waals surface area contributed by atoms with Crippen molar-refractivity contribution in [3.63, 3.8) is 0 Å². The van der Waals surface area contributed by atoms with Gasteiger partial charge in [0.05, 0.1) is 13.2 Å². The van der Waals surface area contributed by atoms with Crippen LogP contribution in [0.25, 0.3) is 10.8 Å². The van der Waals surface area contributed by atoms with Gasteiger partial charge in [0.15, 0.2) is 0 Å². The van der Waals surface area contributed by atoms with Crippen LogP contribution >= 0.6 is 11.6 Å². The monoisotopic (exact) mass is 362 g/mol. The largest absolute Gasteiger partial charge is 0.493 e. The van der Waals surface area contributed by atoms with Crippen LogP contribution in [0.5, 0.6) is 11.5 Å². The smallest absolute Gasteiger partial charge is 0.127 e. The first-order valence-electron chi connectivity index (χ1n) is 9.44. The van der Waals surface area contributed by atoms with E-state index in [0.29, 0.717) is 11.3 Å². The van der Waals surface area contributed by atoms with Crippen molar-refractivity contribution in [1.82, 2.24) is 0 Å². The molecule has 0 aromatic heterocycles. The predicted molar refractivity (Wildman–Crippen MR) is 108 cm³/mol. The average Bonchev–Trinajstić information content (AvgIpc) is 2.59. The highest BCUT2D eigenvalue weighted by molar-refractivity contribution is 6.20. The molecule has 0 amide bonds. The minimum Gasteiger partial charge on any atom is -0.493 e. The van der Waals surface area contributed by atoms with E-state index in [4.69, 9.17) is 21.1 Å². The fraction of sp³-hybridized carbons (Fsp3) is 0.545. The highest BCUT2D eigenvalue weighted by Gasteiger charge is 2.09. The maximum absolute atomic E-state index is 6.17. The lowest BCUT2D eigenvalue weighted by atomic mass is 10.1. The quantitative estimate of drug-likeness (QED) is 0.343. The van der Waals surface area contributed by atoms with Gasteiger partial charge in [-0.1, -0.05) is 38.5 Å². The van der Waals surface area contributed by atoms with Crippen molar-refractivity contribution in [2.24, 2.45) is 5.92 Å². The molecule has 0 aliphatic rings. The van der Waals surface area contributed by atoms with Gasteiger partial charge in [-0.25, -0.2) is 0 Å². The summed E-state index contributed by atoms with van der Waals surface area (Å²) in [4.78, 5) is 0. The second-order valence-electron chi connectivity index (χ2n) is 7.17. The number of benzene rings is 2. The average molecular weight is 363 g/mol. The standard InChI is InChI=1S/C22H31ClO2/c1-5-18(23)8-6-7-13-24-22-12-11-21(25-15-16(2)3)19-10-9-17(4)14-20(19)22/h9-12,14,16,18H,5-8,13,15H2,1-4H3. The SMILES string of the molecule is CCC(Cl)CCCCOc1ccc(OCC(C)C)c2ccc(C)cc12. The van der Waals surface area contributed by atoms with Crippen LogP contribution < -0.4 is 9.47 Å². The summed E-state index contributed by atoms with van der Waals surface area (Å²) in [7, 11) is 0. The Morgan fingerprint density at radius 1 is 0.960 bits per heavy atom. The van der Waals surface area contributed by atoms with E-state index in [1.165, 1.54) is 5.56 Å². The fourth-order valence-electron chi connectivity index (χ4n) is 2.77. The van der Waals surface area contributed by atoms with Crippen molar-refractivity contribution >= 4 is 22.4 Å². The van der Waals surface area contributed by atoms with Crippen molar-refractivity contribution in [1.29, 1.82) is 0 Å². The van der Waals surface area contributed by atoms with Gasteiger partial charge in [0.1, 0.15) is 11.5 Å². The number of rotatable bonds is 10. The van der Waals surface area contributed by atoms with E-state index in [9.17, 15) is 0 Å². The molecule has 1 unspecified atom stereocenters. The number of aryl methyl sites for hydroxylation is 1. The molecule has 0 fully saturated rings. The Balaban J connectivity index is 2.07. The van der Waals surface area contributed by atoms with Gasteiger partial charge in [0.2, 0.25) is 0 Å². The highest BCUT2D eigenvalue weighted by Crippen LogP contribution is 2.34. The van der Waals surface area contributed by atoms with Gasteiger partial charge in [-0.05, 0) is 56.7 Å². The number of hydrogen-bond acceptors (Lipinski definition) is 2. The van der Waals surface area contributed by atoms with E-state index in [1.807, 2.05) is 12.1 Å². The summed E-state index contributed by atoms with van der Waals surface area (Å²) >= 11 is 6.17. The van der Waals surface area contributed by atoms with Crippen LogP contribution in [-0.2, 0) is 0 Å². The second-order valence-corrected chi connectivity index (χ2v) is 7.78. The minimum atomic E-state index is 0.292. The van der Waals surface area contributed by atoms with Gasteiger partial charge in [-0.15, -0.1) is 11.6 Å². The maximum Gasteiger partial charge on any atom is 0.127 e. The number of halogens is 1. The van der Waals surface area contributed by atoms with Gasteiger partial charge >= 0.3 is 0 Å². The molecular weight excluding hydrogens is 332 g/mol. The van der Waals surface area contributed by atoms with Crippen LogP contribution in [0.3, 0.4) is 0 Å². The summed E-state index contributed by atoms with van der Waals surface area (Å²) in [6, 6.07) is 10.5. The molecule has 2 rings (SSSR count). The van der Waals surface area contributed by atoms with E-state index in [0.717, 1.165) is 61.2 Å². The van der Waals surface area contributed by atoms with E-state index in [2.05, 4.69) is 45.9 Å². The third-order valence-corrected chi connectivity index (χ3v) is 4.80. The first-order valence-corrected chi connectivity index (χ1v) is 9.88. The van der Waals surface area contributed by atoms with Crippen LogP contribution in [0, 0.1) is 12.8 Å². The number of hydrogen-bond donors (Lipinski definition) is 0. The molecule has 2 aromatic rings. The van der Waals surface area contributed by atoms with E-state index in [1.54, 1.807) is 0 Å². The number of alkyl halides is 1. The molecule has 0 aliphatic heterocycles. The molecule has 0 spiro atoms. The summed E-state index contributed by atoms with van der Waals surface area (Å²) in [6.45, 7) is 10.0. The van der Waals surface area contributed by atoms with Gasteiger partial charge in [-0.3, -0.25) is 0 Å². The normalized spacial score (nSPS) is 12.6. The molecule has 25 heavy (non-hydrogen) atoms. The Bertz CT molecular complexity index is 666. The molecule has 1 atom stereocenters.